The van der Waals surface area contributed by atoms with Crippen LogP contribution >= 0.6 is 0 Å². The van der Waals surface area contributed by atoms with Gasteiger partial charge in [-0.25, -0.2) is 4.98 Å². The van der Waals surface area contributed by atoms with E-state index in [2.05, 4.69) is 30.7 Å². The standard InChI is InChI=1S/C16H27N3O2/c1-5-8-15-19(14(20)6-2)13(16(4,7-3)21-15)9-12-10-17-11-18-12/h10-11,13,15H,5-9H2,1-4H3,(H,17,18)/t13-,15-,16?/m0/s1. The molecule has 1 saturated heterocycles. The largest absolute Gasteiger partial charge is 0.351 e. The van der Waals surface area contributed by atoms with Crippen LogP contribution in [0, 0.1) is 0 Å². The molecule has 1 aliphatic heterocycles. The highest BCUT2D eigenvalue weighted by molar-refractivity contribution is 5.77. The van der Waals surface area contributed by atoms with E-state index in [1.54, 1.807) is 6.33 Å². The van der Waals surface area contributed by atoms with Crippen LogP contribution in [-0.2, 0) is 16.0 Å². The number of rotatable bonds is 6. The minimum Gasteiger partial charge on any atom is -0.351 e. The van der Waals surface area contributed by atoms with E-state index in [0.29, 0.717) is 6.42 Å². The normalized spacial score (nSPS) is 29.0. The molecule has 1 aromatic heterocycles. The van der Waals surface area contributed by atoms with Crippen molar-refractivity contribution in [1.82, 2.24) is 14.9 Å². The molecule has 1 aliphatic rings. The van der Waals surface area contributed by atoms with Crippen molar-refractivity contribution in [3.63, 3.8) is 0 Å². The first-order valence-electron chi connectivity index (χ1n) is 8.02. The van der Waals surface area contributed by atoms with E-state index in [4.69, 9.17) is 4.74 Å². The van der Waals surface area contributed by atoms with Crippen molar-refractivity contribution in [2.24, 2.45) is 0 Å². The summed E-state index contributed by atoms with van der Waals surface area (Å²) in [6, 6.07) is 0.0507. The number of amides is 1. The predicted octanol–water partition coefficient (Wildman–Crippen LogP) is 2.88. The van der Waals surface area contributed by atoms with Gasteiger partial charge in [0.05, 0.1) is 23.7 Å². The van der Waals surface area contributed by atoms with Crippen molar-refractivity contribution >= 4 is 5.91 Å². The number of hydrogen-bond donors (Lipinski definition) is 1. The van der Waals surface area contributed by atoms with Crippen LogP contribution in [0.2, 0.25) is 0 Å². The maximum absolute atomic E-state index is 12.5. The average molecular weight is 293 g/mol. The molecule has 1 fully saturated rings. The third-order valence-electron chi connectivity index (χ3n) is 4.54. The molecule has 5 nitrogen and oxygen atoms in total. The number of aromatic amines is 1. The van der Waals surface area contributed by atoms with Crippen molar-refractivity contribution in [1.29, 1.82) is 0 Å². The highest BCUT2D eigenvalue weighted by Gasteiger charge is 2.50. The topological polar surface area (TPSA) is 58.2 Å². The van der Waals surface area contributed by atoms with Crippen LogP contribution in [0.15, 0.2) is 12.5 Å². The molecule has 1 N–H and O–H groups in total. The molecular weight excluding hydrogens is 266 g/mol. The number of H-pyrrole nitrogens is 1. The van der Waals surface area contributed by atoms with Crippen LogP contribution in [0.1, 0.15) is 59.1 Å². The Labute approximate surface area is 127 Å². The Balaban J connectivity index is 2.30. The lowest BCUT2D eigenvalue weighted by Crippen LogP contribution is -2.48. The highest BCUT2D eigenvalue weighted by atomic mass is 16.5. The fourth-order valence-electron chi connectivity index (χ4n) is 3.14. The first kappa shape index (κ1) is 16.0. The van der Waals surface area contributed by atoms with E-state index in [-0.39, 0.29) is 23.8 Å². The number of nitrogens with one attached hydrogen (secondary N) is 1. The summed E-state index contributed by atoms with van der Waals surface area (Å²) in [6.07, 6.45) is 7.51. The SMILES string of the molecule is CCC[C@@H]1OC(C)(CC)[C@H](Cc2c[nH]cn2)N1C(=O)CC. The number of ether oxygens (including phenoxy) is 1. The molecule has 0 spiro atoms. The van der Waals surface area contributed by atoms with Gasteiger partial charge in [0.1, 0.15) is 6.23 Å². The second-order valence-corrected chi connectivity index (χ2v) is 5.96. The monoisotopic (exact) mass is 293 g/mol. The second-order valence-electron chi connectivity index (χ2n) is 5.96. The quantitative estimate of drug-likeness (QED) is 0.877. The van der Waals surface area contributed by atoms with Crippen LogP contribution in [-0.4, -0.2) is 38.6 Å². The van der Waals surface area contributed by atoms with Gasteiger partial charge in [0.15, 0.2) is 0 Å². The highest BCUT2D eigenvalue weighted by Crippen LogP contribution is 2.38. The van der Waals surface area contributed by atoms with Gasteiger partial charge in [-0.05, 0) is 19.8 Å². The maximum atomic E-state index is 12.5. The number of carbonyl (C=O) groups excluding carboxylic acids is 1. The first-order valence-corrected chi connectivity index (χ1v) is 8.02. The smallest absolute Gasteiger partial charge is 0.224 e. The Morgan fingerprint density at radius 1 is 1.48 bits per heavy atom. The number of carbonyl (C=O) groups is 1. The van der Waals surface area contributed by atoms with E-state index in [0.717, 1.165) is 31.4 Å². The van der Waals surface area contributed by atoms with Crippen molar-refractivity contribution in [2.75, 3.05) is 0 Å². The molecule has 21 heavy (non-hydrogen) atoms. The Bertz CT molecular complexity index is 460. The van der Waals surface area contributed by atoms with Gasteiger partial charge in [-0.3, -0.25) is 4.79 Å². The molecule has 0 bridgehead atoms. The van der Waals surface area contributed by atoms with Crippen LogP contribution in [0.3, 0.4) is 0 Å². The molecule has 2 heterocycles. The molecule has 1 amide bonds. The van der Waals surface area contributed by atoms with Gasteiger partial charge in [0, 0.05) is 19.0 Å². The molecule has 0 aliphatic carbocycles. The molecular formula is C16H27N3O2. The molecule has 5 heteroatoms. The molecule has 1 unspecified atom stereocenters. The minimum atomic E-state index is -0.302. The van der Waals surface area contributed by atoms with Crippen LogP contribution in [0.4, 0.5) is 0 Å². The Hall–Kier alpha value is -1.36. The second kappa shape index (κ2) is 6.60. The zero-order valence-corrected chi connectivity index (χ0v) is 13.6. The summed E-state index contributed by atoms with van der Waals surface area (Å²) < 4.78 is 6.30. The third-order valence-corrected chi connectivity index (χ3v) is 4.54. The lowest BCUT2D eigenvalue weighted by atomic mass is 9.89. The summed E-state index contributed by atoms with van der Waals surface area (Å²) in [4.78, 5) is 21.7. The summed E-state index contributed by atoms with van der Waals surface area (Å²) in [7, 11) is 0. The van der Waals surface area contributed by atoms with E-state index in [1.807, 2.05) is 18.0 Å². The zero-order chi connectivity index (χ0) is 15.5. The Kier molecular flexibility index (Phi) is 5.04. The summed E-state index contributed by atoms with van der Waals surface area (Å²) >= 11 is 0. The van der Waals surface area contributed by atoms with Crippen LogP contribution in [0.25, 0.3) is 0 Å². The number of aromatic nitrogens is 2. The number of imidazole rings is 1. The van der Waals surface area contributed by atoms with Gasteiger partial charge in [-0.1, -0.05) is 27.2 Å². The minimum absolute atomic E-state index is 0.0507. The van der Waals surface area contributed by atoms with E-state index in [1.165, 1.54) is 0 Å². The summed E-state index contributed by atoms with van der Waals surface area (Å²) in [6.45, 7) is 8.29. The molecule has 2 rings (SSSR count). The number of nitrogens with zero attached hydrogens (tertiary/aromatic N) is 2. The molecule has 3 atom stereocenters. The third kappa shape index (κ3) is 3.12. The van der Waals surface area contributed by atoms with Crippen LogP contribution in [0.5, 0.6) is 0 Å². The van der Waals surface area contributed by atoms with Gasteiger partial charge in [-0.2, -0.15) is 0 Å². The van der Waals surface area contributed by atoms with E-state index < -0.39 is 0 Å². The van der Waals surface area contributed by atoms with Gasteiger partial charge >= 0.3 is 0 Å². The van der Waals surface area contributed by atoms with Gasteiger partial charge in [0.2, 0.25) is 5.91 Å². The van der Waals surface area contributed by atoms with Crippen molar-refractivity contribution < 1.29 is 9.53 Å². The van der Waals surface area contributed by atoms with Crippen molar-refractivity contribution in [2.45, 2.75) is 77.7 Å². The Morgan fingerprint density at radius 3 is 2.76 bits per heavy atom. The van der Waals surface area contributed by atoms with Gasteiger partial charge in [-0.15, -0.1) is 0 Å². The van der Waals surface area contributed by atoms with Crippen molar-refractivity contribution in [3.8, 4) is 0 Å². The molecule has 118 valence electrons. The summed E-state index contributed by atoms with van der Waals surface area (Å²) in [5, 5.41) is 0. The first-order chi connectivity index (χ1) is 10.1. The van der Waals surface area contributed by atoms with Gasteiger partial charge in [0.25, 0.3) is 0 Å². The molecule has 0 saturated carbocycles. The van der Waals surface area contributed by atoms with Crippen molar-refractivity contribution in [3.05, 3.63) is 18.2 Å². The summed E-state index contributed by atoms with van der Waals surface area (Å²) in [5.74, 6) is 0.172. The fraction of sp³-hybridized carbons (Fsp3) is 0.750. The fourth-order valence-corrected chi connectivity index (χ4v) is 3.14. The molecule has 1 aromatic rings. The Morgan fingerprint density at radius 2 is 2.24 bits per heavy atom. The predicted molar refractivity (Wildman–Crippen MR) is 81.7 cm³/mol. The molecule has 0 aromatic carbocycles. The van der Waals surface area contributed by atoms with E-state index >= 15 is 0 Å². The molecule has 0 radical (unpaired) electrons. The van der Waals surface area contributed by atoms with Crippen LogP contribution < -0.4 is 0 Å². The lowest BCUT2D eigenvalue weighted by molar-refractivity contribution is -0.138. The average Bonchev–Trinajstić information content (AvgIpc) is 3.07. The van der Waals surface area contributed by atoms with E-state index in [9.17, 15) is 4.79 Å². The van der Waals surface area contributed by atoms with Gasteiger partial charge < -0.3 is 14.6 Å². The number of hydrogen-bond acceptors (Lipinski definition) is 3. The lowest BCUT2D eigenvalue weighted by Gasteiger charge is -2.32. The zero-order valence-electron chi connectivity index (χ0n) is 13.6. The summed E-state index contributed by atoms with van der Waals surface area (Å²) in [5.41, 5.74) is 0.679. The maximum Gasteiger partial charge on any atom is 0.224 e.